The highest BCUT2D eigenvalue weighted by molar-refractivity contribution is 7.11. The number of nitrogens with one attached hydrogen (secondary N) is 2. The Morgan fingerprint density at radius 1 is 1.29 bits per heavy atom. The van der Waals surface area contributed by atoms with Crippen molar-refractivity contribution in [2.75, 3.05) is 0 Å². The second kappa shape index (κ2) is 5.65. The zero-order valence-corrected chi connectivity index (χ0v) is 12.8. The van der Waals surface area contributed by atoms with E-state index in [-0.39, 0.29) is 5.91 Å². The molecule has 21 heavy (non-hydrogen) atoms. The zero-order valence-electron chi connectivity index (χ0n) is 11.9. The average molecular weight is 300 g/mol. The molecule has 1 aromatic carbocycles. The maximum Gasteiger partial charge on any atom is 0.225 e. The minimum Gasteiger partial charge on any atom is -0.349 e. The molecule has 108 valence electrons. The molecule has 2 N–H and O–H groups in total. The van der Waals surface area contributed by atoms with Gasteiger partial charge in [-0.1, -0.05) is 12.1 Å². The van der Waals surface area contributed by atoms with Crippen LogP contribution in [0.5, 0.6) is 0 Å². The third-order valence-electron chi connectivity index (χ3n) is 3.21. The predicted octanol–water partition coefficient (Wildman–Crippen LogP) is 2.50. The molecule has 3 aromatic rings. The summed E-state index contributed by atoms with van der Waals surface area (Å²) in [6, 6.07) is 7.82. The Labute approximate surface area is 126 Å². The predicted molar refractivity (Wildman–Crippen MR) is 83.2 cm³/mol. The number of carbonyl (C=O) groups is 1. The molecule has 0 aliphatic carbocycles. The van der Waals surface area contributed by atoms with Gasteiger partial charge >= 0.3 is 0 Å². The van der Waals surface area contributed by atoms with Crippen LogP contribution < -0.4 is 5.32 Å². The minimum atomic E-state index is -0.0118. The summed E-state index contributed by atoms with van der Waals surface area (Å²) >= 11 is 1.57. The molecule has 0 bridgehead atoms. The van der Waals surface area contributed by atoms with E-state index in [0.29, 0.717) is 13.0 Å². The van der Waals surface area contributed by atoms with Crippen molar-refractivity contribution in [3.8, 4) is 0 Å². The largest absolute Gasteiger partial charge is 0.349 e. The molecule has 2 aromatic heterocycles. The van der Waals surface area contributed by atoms with E-state index in [1.165, 1.54) is 0 Å². The first-order chi connectivity index (χ1) is 10.1. The third kappa shape index (κ3) is 3.11. The Balaban J connectivity index is 1.61. The van der Waals surface area contributed by atoms with Gasteiger partial charge in [0.15, 0.2) is 0 Å². The number of rotatable bonds is 4. The summed E-state index contributed by atoms with van der Waals surface area (Å²) in [5.41, 5.74) is 2.84. The van der Waals surface area contributed by atoms with Crippen molar-refractivity contribution in [1.82, 2.24) is 20.3 Å². The van der Waals surface area contributed by atoms with Crippen molar-refractivity contribution in [2.24, 2.45) is 0 Å². The van der Waals surface area contributed by atoms with Crippen LogP contribution in [0.4, 0.5) is 0 Å². The van der Waals surface area contributed by atoms with E-state index in [0.717, 1.165) is 32.4 Å². The summed E-state index contributed by atoms with van der Waals surface area (Å²) in [6.07, 6.45) is 0.373. The fourth-order valence-corrected chi connectivity index (χ4v) is 3.15. The molecule has 0 saturated heterocycles. The van der Waals surface area contributed by atoms with Gasteiger partial charge in [-0.25, -0.2) is 9.97 Å². The van der Waals surface area contributed by atoms with E-state index in [2.05, 4.69) is 20.3 Å². The molecule has 0 atom stereocenters. The number of aryl methyl sites for hydroxylation is 2. The van der Waals surface area contributed by atoms with Gasteiger partial charge in [0.2, 0.25) is 5.91 Å². The first-order valence-corrected chi connectivity index (χ1v) is 7.56. The van der Waals surface area contributed by atoms with Crippen molar-refractivity contribution in [3.05, 3.63) is 45.7 Å². The summed E-state index contributed by atoms with van der Waals surface area (Å²) in [6.45, 7) is 4.29. The Bertz CT molecular complexity index is 757. The van der Waals surface area contributed by atoms with Gasteiger partial charge in [0.05, 0.1) is 34.7 Å². The summed E-state index contributed by atoms with van der Waals surface area (Å²) in [4.78, 5) is 25.0. The molecule has 0 saturated carbocycles. The van der Waals surface area contributed by atoms with Crippen LogP contribution in [0.25, 0.3) is 11.0 Å². The third-order valence-corrected chi connectivity index (χ3v) is 4.28. The van der Waals surface area contributed by atoms with Crippen molar-refractivity contribution in [2.45, 2.75) is 26.8 Å². The number of fused-ring (bicyclic) bond motifs is 1. The summed E-state index contributed by atoms with van der Waals surface area (Å²) in [5, 5.41) is 3.88. The number of imidazole rings is 1. The lowest BCUT2D eigenvalue weighted by Gasteiger charge is -2.02. The average Bonchev–Trinajstić information content (AvgIpc) is 2.99. The van der Waals surface area contributed by atoms with Gasteiger partial charge in [0, 0.05) is 4.88 Å². The van der Waals surface area contributed by atoms with E-state index >= 15 is 0 Å². The highest BCUT2D eigenvalue weighted by Gasteiger charge is 2.10. The van der Waals surface area contributed by atoms with E-state index in [1.807, 2.05) is 38.1 Å². The van der Waals surface area contributed by atoms with Crippen LogP contribution in [0.1, 0.15) is 21.4 Å². The van der Waals surface area contributed by atoms with Crippen molar-refractivity contribution in [1.29, 1.82) is 0 Å². The van der Waals surface area contributed by atoms with Crippen LogP contribution in [0.2, 0.25) is 0 Å². The highest BCUT2D eigenvalue weighted by Crippen LogP contribution is 2.17. The molecule has 0 unspecified atom stereocenters. The summed E-state index contributed by atoms with van der Waals surface area (Å²) < 4.78 is 0. The Morgan fingerprint density at radius 3 is 2.81 bits per heavy atom. The van der Waals surface area contributed by atoms with E-state index in [9.17, 15) is 4.79 Å². The zero-order chi connectivity index (χ0) is 14.8. The maximum absolute atomic E-state index is 12.0. The second-order valence-corrected chi connectivity index (χ2v) is 6.18. The molecule has 5 nitrogen and oxygen atoms in total. The van der Waals surface area contributed by atoms with Crippen LogP contribution in [0.15, 0.2) is 24.3 Å². The van der Waals surface area contributed by atoms with Gasteiger partial charge < -0.3 is 10.3 Å². The number of aromatic amines is 1. The molecule has 2 heterocycles. The molecule has 3 rings (SSSR count). The first-order valence-electron chi connectivity index (χ1n) is 6.75. The lowest BCUT2D eigenvalue weighted by molar-refractivity contribution is -0.120. The Morgan fingerprint density at radius 2 is 2.10 bits per heavy atom. The molecular formula is C15H16N4OS. The van der Waals surface area contributed by atoms with Crippen LogP contribution in [0, 0.1) is 13.8 Å². The maximum atomic E-state index is 12.0. The number of aromatic nitrogens is 3. The topological polar surface area (TPSA) is 70.7 Å². The number of hydrogen-bond acceptors (Lipinski definition) is 4. The van der Waals surface area contributed by atoms with Crippen LogP contribution >= 0.6 is 11.3 Å². The van der Waals surface area contributed by atoms with Gasteiger partial charge in [-0.05, 0) is 26.0 Å². The SMILES string of the molecule is Cc1nc(C)c(CC(=O)NCc2nc3ccccc3[nH]2)s1. The lowest BCUT2D eigenvalue weighted by Crippen LogP contribution is -2.25. The van der Waals surface area contributed by atoms with Crippen molar-refractivity contribution >= 4 is 28.3 Å². The van der Waals surface area contributed by atoms with E-state index in [4.69, 9.17) is 0 Å². The molecule has 0 aliphatic heterocycles. The summed E-state index contributed by atoms with van der Waals surface area (Å²) in [7, 11) is 0. The fraction of sp³-hybridized carbons (Fsp3) is 0.267. The molecule has 0 aliphatic rings. The number of amides is 1. The van der Waals surface area contributed by atoms with Gasteiger partial charge in [0.25, 0.3) is 0 Å². The number of benzene rings is 1. The van der Waals surface area contributed by atoms with Gasteiger partial charge in [0.1, 0.15) is 5.82 Å². The lowest BCUT2D eigenvalue weighted by atomic mass is 10.3. The molecule has 0 fully saturated rings. The smallest absolute Gasteiger partial charge is 0.225 e. The number of nitrogens with zero attached hydrogens (tertiary/aromatic N) is 2. The number of hydrogen-bond donors (Lipinski definition) is 2. The van der Waals surface area contributed by atoms with Gasteiger partial charge in [-0.2, -0.15) is 0 Å². The number of para-hydroxylation sites is 2. The molecule has 0 radical (unpaired) electrons. The van der Waals surface area contributed by atoms with Gasteiger partial charge in [-0.15, -0.1) is 11.3 Å². The van der Waals surface area contributed by atoms with Gasteiger partial charge in [-0.3, -0.25) is 4.79 Å². The normalized spacial score (nSPS) is 11.0. The Kier molecular flexibility index (Phi) is 3.70. The Hall–Kier alpha value is -2.21. The highest BCUT2D eigenvalue weighted by atomic mass is 32.1. The van der Waals surface area contributed by atoms with Crippen LogP contribution in [-0.2, 0) is 17.8 Å². The summed E-state index contributed by atoms with van der Waals surface area (Å²) in [5.74, 6) is 0.754. The number of carbonyl (C=O) groups excluding carboxylic acids is 1. The minimum absolute atomic E-state index is 0.0118. The van der Waals surface area contributed by atoms with E-state index in [1.54, 1.807) is 11.3 Å². The molecule has 0 spiro atoms. The van der Waals surface area contributed by atoms with E-state index < -0.39 is 0 Å². The molecular weight excluding hydrogens is 284 g/mol. The molecule has 6 heteroatoms. The molecule has 1 amide bonds. The van der Waals surface area contributed by atoms with Crippen LogP contribution in [-0.4, -0.2) is 20.9 Å². The fourth-order valence-electron chi connectivity index (χ4n) is 2.22. The monoisotopic (exact) mass is 300 g/mol. The number of thiazole rings is 1. The van der Waals surface area contributed by atoms with Crippen molar-refractivity contribution < 1.29 is 4.79 Å². The van der Waals surface area contributed by atoms with Crippen LogP contribution in [0.3, 0.4) is 0 Å². The second-order valence-electron chi connectivity index (χ2n) is 4.90. The number of H-pyrrole nitrogens is 1. The quantitative estimate of drug-likeness (QED) is 0.777. The standard InChI is InChI=1S/C15H16N4OS/c1-9-13(21-10(2)17-9)7-15(20)16-8-14-18-11-5-3-4-6-12(11)19-14/h3-6H,7-8H2,1-2H3,(H,16,20)(H,18,19). The first kappa shape index (κ1) is 13.8. The van der Waals surface area contributed by atoms with Crippen molar-refractivity contribution in [3.63, 3.8) is 0 Å².